The van der Waals surface area contributed by atoms with Crippen molar-refractivity contribution < 1.29 is 4.79 Å². The summed E-state index contributed by atoms with van der Waals surface area (Å²) in [6.07, 6.45) is 2.13. The SMILES string of the molecule is O=C(NC1CCCNC1)c1cc(-c2ccccc2)n[nH]1. The number of carbonyl (C=O) groups excluding carboxylic acids is 1. The maximum absolute atomic E-state index is 12.1. The molecule has 0 radical (unpaired) electrons. The highest BCUT2D eigenvalue weighted by molar-refractivity contribution is 5.93. The summed E-state index contributed by atoms with van der Waals surface area (Å²) in [7, 11) is 0. The Morgan fingerprint density at radius 1 is 1.30 bits per heavy atom. The molecule has 2 aromatic rings. The van der Waals surface area contributed by atoms with Gasteiger partial charge in [-0.25, -0.2) is 0 Å². The third kappa shape index (κ3) is 2.88. The fourth-order valence-electron chi connectivity index (χ4n) is 2.43. The van der Waals surface area contributed by atoms with E-state index in [1.807, 2.05) is 30.3 Å². The average Bonchev–Trinajstić information content (AvgIpc) is 2.99. The molecule has 1 fully saturated rings. The van der Waals surface area contributed by atoms with Crippen LogP contribution >= 0.6 is 0 Å². The summed E-state index contributed by atoms with van der Waals surface area (Å²) in [5.74, 6) is -0.0895. The topological polar surface area (TPSA) is 69.8 Å². The lowest BCUT2D eigenvalue weighted by Crippen LogP contribution is -2.45. The number of rotatable bonds is 3. The Kier molecular flexibility index (Phi) is 3.78. The van der Waals surface area contributed by atoms with E-state index in [0.29, 0.717) is 5.69 Å². The highest BCUT2D eigenvalue weighted by atomic mass is 16.2. The molecule has 1 unspecified atom stereocenters. The Morgan fingerprint density at radius 2 is 2.15 bits per heavy atom. The number of benzene rings is 1. The van der Waals surface area contributed by atoms with Crippen molar-refractivity contribution in [1.29, 1.82) is 0 Å². The molecule has 5 heteroatoms. The third-order valence-electron chi connectivity index (χ3n) is 3.52. The molecule has 1 amide bonds. The number of hydrogen-bond donors (Lipinski definition) is 3. The molecule has 104 valence electrons. The van der Waals surface area contributed by atoms with Crippen LogP contribution in [0.3, 0.4) is 0 Å². The molecular weight excluding hydrogens is 252 g/mol. The second kappa shape index (κ2) is 5.88. The molecule has 0 spiro atoms. The summed E-state index contributed by atoms with van der Waals surface area (Å²) < 4.78 is 0. The highest BCUT2D eigenvalue weighted by Gasteiger charge is 2.17. The first kappa shape index (κ1) is 12.9. The van der Waals surface area contributed by atoms with Crippen LogP contribution in [0, 0.1) is 0 Å². The number of amides is 1. The fourth-order valence-corrected chi connectivity index (χ4v) is 2.43. The van der Waals surface area contributed by atoms with Crippen LogP contribution in [-0.4, -0.2) is 35.2 Å². The van der Waals surface area contributed by atoms with Crippen LogP contribution in [0.25, 0.3) is 11.3 Å². The summed E-state index contributed by atoms with van der Waals surface area (Å²) in [6.45, 7) is 1.88. The van der Waals surface area contributed by atoms with Gasteiger partial charge in [0.15, 0.2) is 0 Å². The van der Waals surface area contributed by atoms with Crippen molar-refractivity contribution in [2.45, 2.75) is 18.9 Å². The average molecular weight is 270 g/mol. The largest absolute Gasteiger partial charge is 0.347 e. The van der Waals surface area contributed by atoms with E-state index in [9.17, 15) is 4.79 Å². The molecule has 5 nitrogen and oxygen atoms in total. The molecular formula is C15H18N4O. The van der Waals surface area contributed by atoms with Crippen LogP contribution < -0.4 is 10.6 Å². The smallest absolute Gasteiger partial charge is 0.269 e. The first-order valence-electron chi connectivity index (χ1n) is 6.95. The van der Waals surface area contributed by atoms with Gasteiger partial charge >= 0.3 is 0 Å². The maximum Gasteiger partial charge on any atom is 0.269 e. The Balaban J connectivity index is 1.68. The molecule has 1 atom stereocenters. The second-order valence-corrected chi connectivity index (χ2v) is 5.05. The van der Waals surface area contributed by atoms with Gasteiger partial charge < -0.3 is 10.6 Å². The molecule has 1 aromatic carbocycles. The molecule has 1 aliphatic rings. The van der Waals surface area contributed by atoms with Crippen LogP contribution in [0.15, 0.2) is 36.4 Å². The van der Waals surface area contributed by atoms with Gasteiger partial charge in [-0.2, -0.15) is 5.10 Å². The lowest BCUT2D eigenvalue weighted by atomic mass is 10.1. The molecule has 2 heterocycles. The van der Waals surface area contributed by atoms with Crippen LogP contribution in [0.1, 0.15) is 23.3 Å². The maximum atomic E-state index is 12.1. The van der Waals surface area contributed by atoms with Gasteiger partial charge in [0.05, 0.1) is 5.69 Å². The zero-order valence-corrected chi connectivity index (χ0v) is 11.2. The second-order valence-electron chi connectivity index (χ2n) is 5.05. The quantitative estimate of drug-likeness (QED) is 0.792. The zero-order chi connectivity index (χ0) is 13.8. The lowest BCUT2D eigenvalue weighted by molar-refractivity contribution is 0.0925. The van der Waals surface area contributed by atoms with Crippen LogP contribution in [0.4, 0.5) is 0 Å². The number of piperidine rings is 1. The minimum Gasteiger partial charge on any atom is -0.347 e. The Bertz CT molecular complexity index is 573. The van der Waals surface area contributed by atoms with E-state index in [1.54, 1.807) is 6.07 Å². The van der Waals surface area contributed by atoms with E-state index in [-0.39, 0.29) is 11.9 Å². The van der Waals surface area contributed by atoms with Gasteiger partial charge in [0.25, 0.3) is 5.91 Å². The molecule has 1 aromatic heterocycles. The van der Waals surface area contributed by atoms with E-state index in [1.165, 1.54) is 0 Å². The number of aromatic amines is 1. The highest BCUT2D eigenvalue weighted by Crippen LogP contribution is 2.17. The summed E-state index contributed by atoms with van der Waals surface area (Å²) in [4.78, 5) is 12.1. The van der Waals surface area contributed by atoms with E-state index in [0.717, 1.165) is 37.2 Å². The minimum absolute atomic E-state index is 0.0895. The molecule has 1 aliphatic heterocycles. The van der Waals surface area contributed by atoms with Crippen molar-refractivity contribution in [2.75, 3.05) is 13.1 Å². The minimum atomic E-state index is -0.0895. The zero-order valence-electron chi connectivity index (χ0n) is 11.2. The van der Waals surface area contributed by atoms with Crippen LogP contribution in [0.5, 0.6) is 0 Å². The van der Waals surface area contributed by atoms with E-state index < -0.39 is 0 Å². The van der Waals surface area contributed by atoms with Gasteiger partial charge in [-0.05, 0) is 25.5 Å². The predicted octanol–water partition coefficient (Wildman–Crippen LogP) is 1.56. The molecule has 20 heavy (non-hydrogen) atoms. The molecule has 0 saturated carbocycles. The number of nitrogens with zero attached hydrogens (tertiary/aromatic N) is 1. The van der Waals surface area contributed by atoms with Crippen molar-refractivity contribution in [3.8, 4) is 11.3 Å². The summed E-state index contributed by atoms with van der Waals surface area (Å²) in [6, 6.07) is 11.8. The van der Waals surface area contributed by atoms with Crippen LogP contribution in [0.2, 0.25) is 0 Å². The van der Waals surface area contributed by atoms with E-state index in [4.69, 9.17) is 0 Å². The van der Waals surface area contributed by atoms with Crippen molar-refractivity contribution in [3.05, 3.63) is 42.1 Å². The molecule has 3 rings (SSSR count). The van der Waals surface area contributed by atoms with Crippen molar-refractivity contribution >= 4 is 5.91 Å². The first-order chi connectivity index (χ1) is 9.83. The molecule has 1 saturated heterocycles. The number of H-pyrrole nitrogens is 1. The van der Waals surface area contributed by atoms with Gasteiger partial charge in [0.2, 0.25) is 0 Å². The Morgan fingerprint density at radius 3 is 2.90 bits per heavy atom. The lowest BCUT2D eigenvalue weighted by Gasteiger charge is -2.23. The monoisotopic (exact) mass is 270 g/mol. The van der Waals surface area contributed by atoms with Gasteiger partial charge in [-0.15, -0.1) is 0 Å². The van der Waals surface area contributed by atoms with Gasteiger partial charge in [0, 0.05) is 18.2 Å². The predicted molar refractivity (Wildman–Crippen MR) is 77.4 cm³/mol. The first-order valence-corrected chi connectivity index (χ1v) is 6.95. The number of carbonyl (C=O) groups is 1. The Labute approximate surface area is 117 Å². The summed E-state index contributed by atoms with van der Waals surface area (Å²) >= 11 is 0. The van der Waals surface area contributed by atoms with Gasteiger partial charge in [-0.1, -0.05) is 30.3 Å². The van der Waals surface area contributed by atoms with Crippen LogP contribution in [-0.2, 0) is 0 Å². The summed E-state index contributed by atoms with van der Waals surface area (Å²) in [5, 5.41) is 13.3. The van der Waals surface area contributed by atoms with E-state index in [2.05, 4.69) is 20.8 Å². The molecule has 3 N–H and O–H groups in total. The van der Waals surface area contributed by atoms with Crippen molar-refractivity contribution in [2.24, 2.45) is 0 Å². The third-order valence-corrected chi connectivity index (χ3v) is 3.52. The Hall–Kier alpha value is -2.14. The van der Waals surface area contributed by atoms with Crippen molar-refractivity contribution in [3.63, 3.8) is 0 Å². The number of hydrogen-bond acceptors (Lipinski definition) is 3. The standard InChI is InChI=1S/C15H18N4O/c20-15(17-12-7-4-8-16-10-12)14-9-13(18-19-14)11-5-2-1-3-6-11/h1-3,5-6,9,12,16H,4,7-8,10H2,(H,17,20)(H,18,19). The molecule has 0 aliphatic carbocycles. The van der Waals surface area contributed by atoms with Gasteiger partial charge in [-0.3, -0.25) is 9.89 Å². The number of aromatic nitrogens is 2. The summed E-state index contributed by atoms with van der Waals surface area (Å²) in [5.41, 5.74) is 2.30. The normalized spacial score (nSPS) is 18.7. The fraction of sp³-hybridized carbons (Fsp3) is 0.333. The van der Waals surface area contributed by atoms with Gasteiger partial charge in [0.1, 0.15) is 5.69 Å². The van der Waals surface area contributed by atoms with Crippen molar-refractivity contribution in [1.82, 2.24) is 20.8 Å². The number of nitrogens with one attached hydrogen (secondary N) is 3. The van der Waals surface area contributed by atoms with E-state index >= 15 is 0 Å². The molecule has 0 bridgehead atoms.